The van der Waals surface area contributed by atoms with Crippen LogP contribution in [0.1, 0.15) is 11.3 Å². The summed E-state index contributed by atoms with van der Waals surface area (Å²) in [6.07, 6.45) is 3.75. The van der Waals surface area contributed by atoms with Crippen LogP contribution in [0.5, 0.6) is 11.8 Å². The number of thiophene rings is 1. The number of nitrogens with zero attached hydrogens (tertiary/aromatic N) is 3. The number of carbonyl (C=O) groups excluding carboxylic acids is 1. The van der Waals surface area contributed by atoms with Gasteiger partial charge in [-0.25, -0.2) is 14.8 Å². The first-order valence-electron chi connectivity index (χ1n) is 7.33. The van der Waals surface area contributed by atoms with Crippen LogP contribution in [-0.4, -0.2) is 47.2 Å². The molecular weight excluding hydrogens is 316 g/mol. The quantitative estimate of drug-likeness (QED) is 0.904. The van der Waals surface area contributed by atoms with Gasteiger partial charge >= 0.3 is 6.03 Å². The number of amides is 2. The number of urea groups is 1. The molecular formula is C15H18N4O3S. The molecule has 1 aliphatic rings. The summed E-state index contributed by atoms with van der Waals surface area (Å²) in [6.45, 7) is 1.73. The Morgan fingerprint density at radius 2 is 2.26 bits per heavy atom. The lowest BCUT2D eigenvalue weighted by molar-refractivity contribution is 0.177. The molecule has 1 unspecified atom stereocenters. The van der Waals surface area contributed by atoms with Crippen molar-refractivity contribution in [2.45, 2.75) is 19.1 Å². The fraction of sp³-hybridized carbons (Fsp3) is 0.400. The number of hydrogen-bond acceptors (Lipinski definition) is 6. The molecule has 8 heteroatoms. The SMILES string of the molecule is COc1nccnc1OC1CCN(C(=O)NCc2cccs2)C1. The molecule has 1 atom stereocenters. The van der Waals surface area contributed by atoms with Gasteiger partial charge in [-0.2, -0.15) is 0 Å². The van der Waals surface area contributed by atoms with Crippen molar-refractivity contribution in [3.63, 3.8) is 0 Å². The van der Waals surface area contributed by atoms with Crippen molar-refractivity contribution < 1.29 is 14.3 Å². The zero-order valence-corrected chi connectivity index (χ0v) is 13.6. The molecule has 0 spiro atoms. The molecule has 0 bridgehead atoms. The Labute approximate surface area is 138 Å². The smallest absolute Gasteiger partial charge is 0.317 e. The zero-order valence-electron chi connectivity index (χ0n) is 12.8. The summed E-state index contributed by atoms with van der Waals surface area (Å²) in [6, 6.07) is 3.90. The fourth-order valence-corrected chi connectivity index (χ4v) is 3.03. The Morgan fingerprint density at radius 3 is 3.00 bits per heavy atom. The first kappa shape index (κ1) is 15.5. The number of carbonyl (C=O) groups is 1. The van der Waals surface area contributed by atoms with Crippen LogP contribution in [0.2, 0.25) is 0 Å². The van der Waals surface area contributed by atoms with Gasteiger partial charge < -0.3 is 19.7 Å². The van der Waals surface area contributed by atoms with Gasteiger partial charge in [-0.15, -0.1) is 11.3 Å². The van der Waals surface area contributed by atoms with Gasteiger partial charge in [0.15, 0.2) is 0 Å². The second-order valence-corrected chi connectivity index (χ2v) is 6.12. The Balaban J connectivity index is 1.50. The molecule has 2 aromatic heterocycles. The summed E-state index contributed by atoms with van der Waals surface area (Å²) in [5.74, 6) is 0.717. The number of likely N-dealkylation sites (tertiary alicyclic amines) is 1. The van der Waals surface area contributed by atoms with E-state index < -0.39 is 0 Å². The molecule has 122 valence electrons. The number of hydrogen-bond donors (Lipinski definition) is 1. The average molecular weight is 334 g/mol. The van der Waals surface area contributed by atoms with Crippen LogP contribution in [0.25, 0.3) is 0 Å². The highest BCUT2D eigenvalue weighted by Crippen LogP contribution is 2.23. The molecule has 0 radical (unpaired) electrons. The maximum atomic E-state index is 12.2. The van der Waals surface area contributed by atoms with E-state index in [4.69, 9.17) is 9.47 Å². The highest BCUT2D eigenvalue weighted by Gasteiger charge is 2.28. The van der Waals surface area contributed by atoms with Crippen molar-refractivity contribution in [1.29, 1.82) is 0 Å². The minimum absolute atomic E-state index is 0.0735. The van der Waals surface area contributed by atoms with E-state index in [-0.39, 0.29) is 12.1 Å². The van der Waals surface area contributed by atoms with E-state index in [1.165, 1.54) is 7.11 Å². The predicted octanol–water partition coefficient (Wildman–Crippen LogP) is 1.91. The molecule has 2 amide bonds. The van der Waals surface area contributed by atoms with Gasteiger partial charge in [0.1, 0.15) is 6.10 Å². The lowest BCUT2D eigenvalue weighted by Gasteiger charge is -2.17. The number of nitrogens with one attached hydrogen (secondary N) is 1. The topological polar surface area (TPSA) is 76.6 Å². The second-order valence-electron chi connectivity index (χ2n) is 5.08. The van der Waals surface area contributed by atoms with Crippen LogP contribution in [0.3, 0.4) is 0 Å². The molecule has 23 heavy (non-hydrogen) atoms. The van der Waals surface area contributed by atoms with Gasteiger partial charge in [0.2, 0.25) is 0 Å². The van der Waals surface area contributed by atoms with Gasteiger partial charge in [-0.1, -0.05) is 6.07 Å². The maximum absolute atomic E-state index is 12.2. The Hall–Kier alpha value is -2.35. The Bertz CT molecular complexity index is 650. The third kappa shape index (κ3) is 3.89. The van der Waals surface area contributed by atoms with E-state index in [0.29, 0.717) is 31.4 Å². The van der Waals surface area contributed by atoms with Crippen molar-refractivity contribution in [3.05, 3.63) is 34.8 Å². The lowest BCUT2D eigenvalue weighted by atomic mass is 10.3. The molecule has 1 fully saturated rings. The first-order valence-corrected chi connectivity index (χ1v) is 8.21. The molecule has 0 saturated carbocycles. The molecule has 2 aromatic rings. The van der Waals surface area contributed by atoms with Crippen LogP contribution < -0.4 is 14.8 Å². The van der Waals surface area contributed by atoms with Gasteiger partial charge in [-0.3, -0.25) is 0 Å². The molecule has 7 nitrogen and oxygen atoms in total. The van der Waals surface area contributed by atoms with E-state index in [1.54, 1.807) is 28.6 Å². The van der Waals surface area contributed by atoms with E-state index in [9.17, 15) is 4.79 Å². The van der Waals surface area contributed by atoms with Crippen LogP contribution >= 0.6 is 11.3 Å². The van der Waals surface area contributed by atoms with E-state index in [2.05, 4.69) is 15.3 Å². The minimum atomic E-state index is -0.104. The highest BCUT2D eigenvalue weighted by atomic mass is 32.1. The number of methoxy groups -OCH3 is 1. The summed E-state index contributed by atoms with van der Waals surface area (Å²) in [4.78, 5) is 23.2. The van der Waals surface area contributed by atoms with Crippen LogP contribution in [0, 0.1) is 0 Å². The van der Waals surface area contributed by atoms with Gasteiger partial charge in [-0.05, 0) is 11.4 Å². The fourth-order valence-electron chi connectivity index (χ4n) is 2.39. The van der Waals surface area contributed by atoms with Crippen molar-refractivity contribution in [1.82, 2.24) is 20.2 Å². The van der Waals surface area contributed by atoms with Gasteiger partial charge in [0.25, 0.3) is 11.8 Å². The number of ether oxygens (including phenoxy) is 2. The highest BCUT2D eigenvalue weighted by molar-refractivity contribution is 7.09. The van der Waals surface area contributed by atoms with Crippen molar-refractivity contribution in [2.75, 3.05) is 20.2 Å². The van der Waals surface area contributed by atoms with Gasteiger partial charge in [0.05, 0.1) is 20.2 Å². The monoisotopic (exact) mass is 334 g/mol. The average Bonchev–Trinajstić information content (AvgIpc) is 3.25. The van der Waals surface area contributed by atoms with E-state index in [0.717, 1.165) is 11.3 Å². The van der Waals surface area contributed by atoms with E-state index in [1.807, 2.05) is 17.5 Å². The molecule has 1 aliphatic heterocycles. The third-order valence-electron chi connectivity index (χ3n) is 3.53. The molecule has 3 heterocycles. The summed E-state index contributed by atoms with van der Waals surface area (Å²) in [5.41, 5.74) is 0. The van der Waals surface area contributed by atoms with Crippen LogP contribution in [0.15, 0.2) is 29.9 Å². The second kappa shape index (κ2) is 7.28. The summed E-state index contributed by atoms with van der Waals surface area (Å²) >= 11 is 1.63. The Kier molecular flexibility index (Phi) is 4.92. The van der Waals surface area contributed by atoms with Crippen molar-refractivity contribution in [3.8, 4) is 11.8 Å². The largest absolute Gasteiger partial charge is 0.477 e. The number of rotatable bonds is 5. The first-order chi connectivity index (χ1) is 11.3. The molecule has 3 rings (SSSR count). The van der Waals surface area contributed by atoms with Gasteiger partial charge in [0, 0.05) is 30.2 Å². The van der Waals surface area contributed by atoms with E-state index >= 15 is 0 Å². The van der Waals surface area contributed by atoms with Crippen LogP contribution in [-0.2, 0) is 6.54 Å². The molecule has 1 N–H and O–H groups in total. The zero-order chi connectivity index (χ0) is 16.1. The maximum Gasteiger partial charge on any atom is 0.317 e. The summed E-state index contributed by atoms with van der Waals surface area (Å²) in [5, 5.41) is 4.92. The normalized spacial score (nSPS) is 17.1. The van der Waals surface area contributed by atoms with Crippen molar-refractivity contribution >= 4 is 17.4 Å². The summed E-state index contributed by atoms with van der Waals surface area (Å²) < 4.78 is 10.9. The minimum Gasteiger partial charge on any atom is -0.477 e. The molecule has 0 aromatic carbocycles. The standard InChI is InChI=1S/C15H18N4O3S/c1-21-13-14(17-6-5-16-13)22-11-4-7-19(10-11)15(20)18-9-12-3-2-8-23-12/h2-3,5-6,8,11H,4,7,9-10H2,1H3,(H,18,20). The third-order valence-corrected chi connectivity index (χ3v) is 4.41. The Morgan fingerprint density at radius 1 is 1.43 bits per heavy atom. The molecule has 1 saturated heterocycles. The molecule has 0 aliphatic carbocycles. The van der Waals surface area contributed by atoms with Crippen molar-refractivity contribution in [2.24, 2.45) is 0 Å². The summed E-state index contributed by atoms with van der Waals surface area (Å²) in [7, 11) is 1.52. The predicted molar refractivity (Wildman–Crippen MR) is 85.7 cm³/mol. The lowest BCUT2D eigenvalue weighted by Crippen LogP contribution is -2.39. The number of aromatic nitrogens is 2. The van der Waals surface area contributed by atoms with Crippen LogP contribution in [0.4, 0.5) is 4.79 Å².